The number of alkyl carbamates (subject to hydrolysis) is 1. The number of nitrogens with one attached hydrogen (secondary N) is 6. The maximum atomic E-state index is 14.4. The first-order valence-electron chi connectivity index (χ1n) is 24.0. The third-order valence-electron chi connectivity index (χ3n) is 10.9. The smallest absolute Gasteiger partial charge is 0.408 e. The Bertz CT molecular complexity index is 1600. The van der Waals surface area contributed by atoms with Gasteiger partial charge in [-0.1, -0.05) is 114 Å². The number of amides is 6. The number of halogens is 1. The van der Waals surface area contributed by atoms with E-state index in [0.29, 0.717) is 50.0 Å². The SMILES string of the molecule is COC(=O)[C@H](CC(C)C)NC(=O)[C@H](CC(C)C)NC(=O)[C@H](CC(C)C)NC(=O)[C@@H](/C=C(\Cl)C1(NC(=O)[C@H](CC(C)C)NC(=O)[C@H](CC(C)C)NC(=O)OC(C)(C)C)CCCC1)CC(C)C. The largest absolute Gasteiger partial charge is 0.467 e. The normalized spacial score (nSPS) is 17.0. The van der Waals surface area contributed by atoms with Crippen molar-refractivity contribution >= 4 is 53.2 Å². The molecule has 0 aromatic rings. The number of carbonyl (C=O) groups excluding carboxylic acids is 7. The standard InChI is InChI=1S/C49H87ClN6O9/c1-28(2)21-34(41(57)51-35(22-29(3)4)42(58)52-36(23-30(5)6)43(59)54-39(26-33(11)12)46(62)64-16)27-40(50)49(19-17-18-20-49)56-45(61)38(25-32(9)10)53-44(60)37(24-31(7)8)55-47(63)65-48(13,14)15/h27-39H,17-26H2,1-16H3,(H,51,57)(H,52,58)(H,53,60)(H,54,59)(H,55,63)(H,56,61)/b40-27-/t34-,35+,36+,37+,38+,39+/m1/s1. The fourth-order valence-electron chi connectivity index (χ4n) is 8.00. The molecule has 0 aliphatic heterocycles. The van der Waals surface area contributed by atoms with E-state index in [4.69, 9.17) is 21.1 Å². The van der Waals surface area contributed by atoms with Crippen molar-refractivity contribution in [3.05, 3.63) is 11.1 Å². The lowest BCUT2D eigenvalue weighted by molar-refractivity contribution is -0.146. The highest BCUT2D eigenvalue weighted by molar-refractivity contribution is 6.31. The van der Waals surface area contributed by atoms with Gasteiger partial charge >= 0.3 is 12.1 Å². The van der Waals surface area contributed by atoms with Crippen LogP contribution in [0.2, 0.25) is 0 Å². The molecule has 0 spiro atoms. The molecule has 1 saturated carbocycles. The predicted octanol–water partition coefficient (Wildman–Crippen LogP) is 7.44. The number of ether oxygens (including phenoxy) is 2. The average molecular weight is 940 g/mol. The van der Waals surface area contributed by atoms with Crippen molar-refractivity contribution in [2.45, 2.75) is 209 Å². The molecule has 1 fully saturated rings. The number of rotatable bonds is 26. The summed E-state index contributed by atoms with van der Waals surface area (Å²) in [6.45, 7) is 28.5. The minimum Gasteiger partial charge on any atom is -0.467 e. The van der Waals surface area contributed by atoms with Crippen molar-refractivity contribution in [3.8, 4) is 0 Å². The molecule has 0 unspecified atom stereocenters. The van der Waals surface area contributed by atoms with Crippen molar-refractivity contribution in [3.63, 3.8) is 0 Å². The van der Waals surface area contributed by atoms with E-state index in [1.807, 2.05) is 83.1 Å². The van der Waals surface area contributed by atoms with Crippen LogP contribution in [0.25, 0.3) is 0 Å². The van der Waals surface area contributed by atoms with Gasteiger partial charge in [-0.05, 0) is 108 Å². The molecule has 65 heavy (non-hydrogen) atoms. The van der Waals surface area contributed by atoms with Crippen molar-refractivity contribution in [2.75, 3.05) is 7.11 Å². The Morgan fingerprint density at radius 3 is 1.23 bits per heavy atom. The lowest BCUT2D eigenvalue weighted by Crippen LogP contribution is -2.58. The van der Waals surface area contributed by atoms with Gasteiger partial charge in [0.25, 0.3) is 0 Å². The van der Waals surface area contributed by atoms with Crippen LogP contribution in [0.1, 0.15) is 168 Å². The molecule has 6 amide bonds. The molecule has 0 saturated heterocycles. The van der Waals surface area contributed by atoms with Crippen LogP contribution in [0.5, 0.6) is 0 Å². The number of esters is 1. The van der Waals surface area contributed by atoms with Crippen molar-refractivity contribution < 1.29 is 43.0 Å². The minimum absolute atomic E-state index is 0.00848. The Labute approximate surface area is 396 Å². The molecule has 16 heteroatoms. The fraction of sp³-hybridized carbons (Fsp3) is 0.816. The summed E-state index contributed by atoms with van der Waals surface area (Å²) in [5.74, 6) is -3.57. The molecule has 6 atom stereocenters. The maximum Gasteiger partial charge on any atom is 0.408 e. The van der Waals surface area contributed by atoms with Gasteiger partial charge in [0.05, 0.1) is 18.6 Å². The number of carbonyl (C=O) groups is 7. The number of methoxy groups -OCH3 is 1. The zero-order valence-corrected chi connectivity index (χ0v) is 43.4. The molecule has 6 N–H and O–H groups in total. The van der Waals surface area contributed by atoms with E-state index >= 15 is 0 Å². The third-order valence-corrected chi connectivity index (χ3v) is 11.4. The number of hydrogen-bond donors (Lipinski definition) is 6. The Kier molecular flexibility index (Phi) is 25.2. The van der Waals surface area contributed by atoms with Gasteiger partial charge in [-0.2, -0.15) is 0 Å². The van der Waals surface area contributed by atoms with E-state index in [2.05, 4.69) is 31.9 Å². The van der Waals surface area contributed by atoms with Crippen LogP contribution in [0.3, 0.4) is 0 Å². The predicted molar refractivity (Wildman–Crippen MR) is 256 cm³/mol. The summed E-state index contributed by atoms with van der Waals surface area (Å²) < 4.78 is 10.4. The molecule has 1 rings (SSSR count). The van der Waals surface area contributed by atoms with Crippen LogP contribution in [0, 0.1) is 41.4 Å². The minimum atomic E-state index is -1.01. The van der Waals surface area contributed by atoms with Gasteiger partial charge in [-0.25, -0.2) is 9.59 Å². The summed E-state index contributed by atoms with van der Waals surface area (Å²) >= 11 is 7.25. The highest BCUT2D eigenvalue weighted by Gasteiger charge is 2.42. The van der Waals surface area contributed by atoms with Gasteiger partial charge < -0.3 is 41.4 Å². The summed E-state index contributed by atoms with van der Waals surface area (Å²) in [4.78, 5) is 95.5. The molecule has 0 heterocycles. The lowest BCUT2D eigenvalue weighted by Gasteiger charge is -2.34. The van der Waals surface area contributed by atoms with E-state index in [0.717, 1.165) is 12.8 Å². The molecule has 15 nitrogen and oxygen atoms in total. The summed E-state index contributed by atoms with van der Waals surface area (Å²) in [5.41, 5.74) is -1.78. The zero-order valence-electron chi connectivity index (χ0n) is 42.6. The van der Waals surface area contributed by atoms with Crippen LogP contribution in [-0.2, 0) is 38.2 Å². The lowest BCUT2D eigenvalue weighted by atomic mass is 9.89. The van der Waals surface area contributed by atoms with E-state index in [-0.39, 0.29) is 41.9 Å². The van der Waals surface area contributed by atoms with Crippen molar-refractivity contribution in [1.29, 1.82) is 0 Å². The number of hydrogen-bond acceptors (Lipinski definition) is 9. The van der Waals surface area contributed by atoms with Crippen LogP contribution in [0.15, 0.2) is 11.1 Å². The molecular weight excluding hydrogens is 852 g/mol. The van der Waals surface area contributed by atoms with Crippen LogP contribution in [0.4, 0.5) is 4.79 Å². The molecular formula is C49H87ClN6O9. The van der Waals surface area contributed by atoms with Crippen molar-refractivity contribution in [2.24, 2.45) is 41.4 Å². The van der Waals surface area contributed by atoms with E-state index in [1.165, 1.54) is 7.11 Å². The molecule has 374 valence electrons. The molecule has 0 aromatic heterocycles. The second kappa shape index (κ2) is 27.7. The van der Waals surface area contributed by atoms with Crippen LogP contribution < -0.4 is 31.9 Å². The summed E-state index contributed by atoms with van der Waals surface area (Å²) in [5, 5.41) is 17.7. The van der Waals surface area contributed by atoms with Gasteiger partial charge in [-0.15, -0.1) is 0 Å². The van der Waals surface area contributed by atoms with E-state index in [1.54, 1.807) is 26.8 Å². The van der Waals surface area contributed by atoms with Gasteiger partial charge in [-0.3, -0.25) is 24.0 Å². The second-order valence-electron chi connectivity index (χ2n) is 21.6. The summed E-state index contributed by atoms with van der Waals surface area (Å²) in [6.07, 6.45) is 5.46. The Morgan fingerprint density at radius 1 is 0.523 bits per heavy atom. The zero-order chi connectivity index (χ0) is 50.0. The van der Waals surface area contributed by atoms with E-state index in [9.17, 15) is 33.6 Å². The topological polar surface area (TPSA) is 210 Å². The van der Waals surface area contributed by atoms with Crippen LogP contribution in [-0.4, -0.2) is 90.1 Å². The van der Waals surface area contributed by atoms with Crippen molar-refractivity contribution in [1.82, 2.24) is 31.9 Å². The molecule has 0 aromatic carbocycles. The second-order valence-corrected chi connectivity index (χ2v) is 22.1. The summed E-state index contributed by atoms with van der Waals surface area (Å²) in [6, 6.07) is -4.76. The average Bonchev–Trinajstić information content (AvgIpc) is 3.63. The molecule has 1 aliphatic carbocycles. The Hall–Kier alpha value is -3.88. The summed E-state index contributed by atoms with van der Waals surface area (Å²) in [7, 11) is 1.26. The van der Waals surface area contributed by atoms with E-state index < -0.39 is 88.9 Å². The monoisotopic (exact) mass is 939 g/mol. The van der Waals surface area contributed by atoms with Gasteiger partial charge in [0.1, 0.15) is 35.8 Å². The maximum absolute atomic E-state index is 14.4. The Morgan fingerprint density at radius 2 is 0.862 bits per heavy atom. The Balaban J connectivity index is 3.51. The first-order chi connectivity index (χ1) is 30.0. The van der Waals surface area contributed by atoms with Gasteiger partial charge in [0, 0.05) is 5.03 Å². The highest BCUT2D eigenvalue weighted by atomic mass is 35.5. The first kappa shape index (κ1) is 59.1. The molecule has 0 bridgehead atoms. The molecule has 0 radical (unpaired) electrons. The first-order valence-corrected chi connectivity index (χ1v) is 24.3. The third kappa shape index (κ3) is 22.4. The molecule has 1 aliphatic rings. The van der Waals surface area contributed by atoms with Gasteiger partial charge in [0.2, 0.25) is 29.5 Å². The highest BCUT2D eigenvalue weighted by Crippen LogP contribution is 2.39. The van der Waals surface area contributed by atoms with Gasteiger partial charge in [0.15, 0.2) is 0 Å². The fourth-order valence-corrected chi connectivity index (χ4v) is 8.39. The van der Waals surface area contributed by atoms with Crippen LogP contribution >= 0.6 is 11.6 Å². The quantitative estimate of drug-likeness (QED) is 0.0476.